The molecule has 0 saturated heterocycles. The molecule has 0 aliphatic rings. The van der Waals surface area contributed by atoms with Crippen molar-refractivity contribution in [2.24, 2.45) is 5.73 Å². The van der Waals surface area contributed by atoms with Crippen molar-refractivity contribution in [3.63, 3.8) is 0 Å². The van der Waals surface area contributed by atoms with Gasteiger partial charge in [-0.3, -0.25) is 4.79 Å². The van der Waals surface area contributed by atoms with Gasteiger partial charge in [-0.05, 0) is 29.8 Å². The van der Waals surface area contributed by atoms with Gasteiger partial charge in [0.05, 0.1) is 12.2 Å². The monoisotopic (exact) mass is 316 g/mol. The summed E-state index contributed by atoms with van der Waals surface area (Å²) in [5, 5.41) is 12.7. The Morgan fingerprint density at radius 3 is 2.52 bits per heavy atom. The fraction of sp³-hybridized carbons (Fsp3) is 0.235. The summed E-state index contributed by atoms with van der Waals surface area (Å²) < 4.78 is 10.3. The first-order valence-corrected chi connectivity index (χ1v) is 7.19. The van der Waals surface area contributed by atoms with Crippen LogP contribution in [0.25, 0.3) is 0 Å². The van der Waals surface area contributed by atoms with E-state index >= 15 is 0 Å². The lowest BCUT2D eigenvalue weighted by Gasteiger charge is -2.10. The van der Waals surface area contributed by atoms with Crippen LogP contribution < -0.4 is 15.8 Å². The Balaban J connectivity index is 2.03. The number of carbonyl (C=O) groups is 1. The first-order chi connectivity index (χ1) is 11.1. The van der Waals surface area contributed by atoms with Crippen LogP contribution in [0.15, 0.2) is 42.5 Å². The topological polar surface area (TPSA) is 93.8 Å². The van der Waals surface area contributed by atoms with Gasteiger partial charge in [-0.25, -0.2) is 0 Å². The van der Waals surface area contributed by atoms with Gasteiger partial charge in [0.15, 0.2) is 0 Å². The quantitative estimate of drug-likeness (QED) is 0.680. The minimum Gasteiger partial charge on any atom is -0.507 e. The third kappa shape index (κ3) is 4.70. The summed E-state index contributed by atoms with van der Waals surface area (Å²) in [6.07, 6.45) is 0. The maximum Gasteiger partial charge on any atom is 0.259 e. The molecule has 0 fully saturated rings. The molecule has 0 aromatic heterocycles. The predicted molar refractivity (Wildman–Crippen MR) is 87.8 cm³/mol. The number of ether oxygens (including phenoxy) is 2. The second-order valence-corrected chi connectivity index (χ2v) is 4.88. The highest BCUT2D eigenvalue weighted by molar-refractivity contribution is 6.06. The normalized spacial score (nSPS) is 10.3. The summed E-state index contributed by atoms with van der Waals surface area (Å²) in [6.45, 7) is 1.26. The van der Waals surface area contributed by atoms with Crippen LogP contribution >= 0.6 is 0 Å². The van der Waals surface area contributed by atoms with Gasteiger partial charge < -0.3 is 25.6 Å². The molecule has 0 radical (unpaired) electrons. The zero-order chi connectivity index (χ0) is 16.7. The average Bonchev–Trinajstić information content (AvgIpc) is 2.56. The van der Waals surface area contributed by atoms with E-state index in [1.807, 2.05) is 12.1 Å². The minimum absolute atomic E-state index is 0.143. The SMILES string of the molecule is COCCOc1ccc(C(=O)Nc2ccc(CN)cc2)c(O)c1. The number of nitrogens with two attached hydrogens (primary N) is 1. The molecule has 0 spiro atoms. The number of phenolic OH excluding ortho intramolecular Hbond substituents is 1. The van der Waals surface area contributed by atoms with Crippen molar-refractivity contribution in [3.05, 3.63) is 53.6 Å². The number of carbonyl (C=O) groups excluding carboxylic acids is 1. The van der Waals surface area contributed by atoms with E-state index in [0.717, 1.165) is 5.56 Å². The third-order valence-corrected chi connectivity index (χ3v) is 3.22. The Morgan fingerprint density at radius 2 is 1.91 bits per heavy atom. The van der Waals surface area contributed by atoms with Crippen LogP contribution in [-0.4, -0.2) is 31.3 Å². The number of nitrogens with one attached hydrogen (secondary N) is 1. The van der Waals surface area contributed by atoms with Crippen molar-refractivity contribution in [2.45, 2.75) is 6.54 Å². The van der Waals surface area contributed by atoms with Crippen molar-refractivity contribution < 1.29 is 19.4 Å². The first-order valence-electron chi connectivity index (χ1n) is 7.19. The Morgan fingerprint density at radius 1 is 1.17 bits per heavy atom. The zero-order valence-electron chi connectivity index (χ0n) is 12.9. The summed E-state index contributed by atoms with van der Waals surface area (Å²) in [5.74, 6) is -0.0640. The summed E-state index contributed by atoms with van der Waals surface area (Å²) in [7, 11) is 1.58. The molecule has 1 amide bonds. The van der Waals surface area contributed by atoms with Crippen molar-refractivity contribution >= 4 is 11.6 Å². The van der Waals surface area contributed by atoms with Crippen LogP contribution in [0.5, 0.6) is 11.5 Å². The molecular weight excluding hydrogens is 296 g/mol. The van der Waals surface area contributed by atoms with E-state index in [9.17, 15) is 9.90 Å². The molecule has 2 aromatic carbocycles. The number of amides is 1. The molecule has 122 valence electrons. The first kappa shape index (κ1) is 16.8. The highest BCUT2D eigenvalue weighted by atomic mass is 16.5. The highest BCUT2D eigenvalue weighted by Gasteiger charge is 2.12. The smallest absolute Gasteiger partial charge is 0.259 e. The molecule has 0 bridgehead atoms. The third-order valence-electron chi connectivity index (χ3n) is 3.22. The Labute approximate surface area is 134 Å². The highest BCUT2D eigenvalue weighted by Crippen LogP contribution is 2.24. The van der Waals surface area contributed by atoms with Crippen LogP contribution in [0, 0.1) is 0 Å². The van der Waals surface area contributed by atoms with Crippen molar-refractivity contribution in [2.75, 3.05) is 25.6 Å². The van der Waals surface area contributed by atoms with Gasteiger partial charge in [-0.1, -0.05) is 12.1 Å². The maximum absolute atomic E-state index is 12.2. The van der Waals surface area contributed by atoms with Gasteiger partial charge in [-0.15, -0.1) is 0 Å². The number of benzene rings is 2. The molecule has 23 heavy (non-hydrogen) atoms. The van der Waals surface area contributed by atoms with E-state index in [1.165, 1.54) is 12.1 Å². The van der Waals surface area contributed by atoms with Gasteiger partial charge in [0.25, 0.3) is 5.91 Å². The van der Waals surface area contributed by atoms with Crippen molar-refractivity contribution in [1.29, 1.82) is 0 Å². The van der Waals surface area contributed by atoms with Crippen LogP contribution in [-0.2, 0) is 11.3 Å². The fourth-order valence-electron chi connectivity index (χ4n) is 1.96. The predicted octanol–water partition coefficient (Wildman–Crippen LogP) is 2.13. The molecular formula is C17H20N2O4. The molecule has 0 unspecified atom stereocenters. The average molecular weight is 316 g/mol. The number of phenols is 1. The Hall–Kier alpha value is -2.57. The number of methoxy groups -OCH3 is 1. The minimum atomic E-state index is -0.397. The van der Waals surface area contributed by atoms with Gasteiger partial charge in [0.2, 0.25) is 0 Å². The number of aromatic hydroxyl groups is 1. The fourth-order valence-corrected chi connectivity index (χ4v) is 1.96. The second kappa shape index (κ2) is 8.17. The number of hydrogen-bond acceptors (Lipinski definition) is 5. The Kier molecular flexibility index (Phi) is 5.96. The molecule has 4 N–H and O–H groups in total. The van der Waals surface area contributed by atoms with E-state index in [4.69, 9.17) is 15.2 Å². The van der Waals surface area contributed by atoms with Gasteiger partial charge >= 0.3 is 0 Å². The van der Waals surface area contributed by atoms with E-state index < -0.39 is 5.91 Å². The molecule has 0 atom stereocenters. The molecule has 2 aromatic rings. The molecule has 2 rings (SSSR count). The lowest BCUT2D eigenvalue weighted by Crippen LogP contribution is -2.12. The van der Waals surface area contributed by atoms with E-state index in [-0.39, 0.29) is 11.3 Å². The van der Waals surface area contributed by atoms with E-state index in [1.54, 1.807) is 25.3 Å². The lowest BCUT2D eigenvalue weighted by molar-refractivity contribution is 0.102. The largest absolute Gasteiger partial charge is 0.507 e. The van der Waals surface area contributed by atoms with Crippen LogP contribution in [0.2, 0.25) is 0 Å². The summed E-state index contributed by atoms with van der Waals surface area (Å²) in [5.41, 5.74) is 7.31. The van der Waals surface area contributed by atoms with Crippen molar-refractivity contribution in [1.82, 2.24) is 0 Å². The molecule has 0 aliphatic heterocycles. The van der Waals surface area contributed by atoms with E-state index in [0.29, 0.717) is 31.2 Å². The molecule has 0 heterocycles. The molecule has 6 nitrogen and oxygen atoms in total. The Bertz CT molecular complexity index is 656. The summed E-state index contributed by atoms with van der Waals surface area (Å²) in [6, 6.07) is 11.7. The van der Waals surface area contributed by atoms with Gasteiger partial charge in [0, 0.05) is 25.4 Å². The number of rotatable bonds is 7. The number of hydrogen-bond donors (Lipinski definition) is 3. The van der Waals surface area contributed by atoms with Crippen molar-refractivity contribution in [3.8, 4) is 11.5 Å². The van der Waals surface area contributed by atoms with E-state index in [2.05, 4.69) is 5.32 Å². The summed E-state index contributed by atoms with van der Waals surface area (Å²) in [4.78, 5) is 12.2. The zero-order valence-corrected chi connectivity index (χ0v) is 12.9. The van der Waals surface area contributed by atoms with Crippen LogP contribution in [0.3, 0.4) is 0 Å². The number of anilines is 1. The standard InChI is InChI=1S/C17H20N2O4/c1-22-8-9-23-14-6-7-15(16(20)10-14)17(21)19-13-4-2-12(11-18)3-5-13/h2-7,10,20H,8-9,11,18H2,1H3,(H,19,21). The molecule has 6 heteroatoms. The molecule has 0 aliphatic carbocycles. The van der Waals surface area contributed by atoms with Gasteiger partial charge in [-0.2, -0.15) is 0 Å². The lowest BCUT2D eigenvalue weighted by atomic mass is 10.1. The van der Waals surface area contributed by atoms with Crippen LogP contribution in [0.4, 0.5) is 5.69 Å². The second-order valence-electron chi connectivity index (χ2n) is 4.88. The summed E-state index contributed by atoms with van der Waals surface area (Å²) >= 11 is 0. The van der Waals surface area contributed by atoms with Crippen LogP contribution in [0.1, 0.15) is 15.9 Å². The maximum atomic E-state index is 12.2. The van der Waals surface area contributed by atoms with Gasteiger partial charge in [0.1, 0.15) is 18.1 Å². The molecule has 0 saturated carbocycles.